The average Bonchev–Trinajstić information content (AvgIpc) is 2.41. The van der Waals surface area contributed by atoms with Crippen molar-refractivity contribution in [3.63, 3.8) is 0 Å². The van der Waals surface area contributed by atoms with E-state index in [0.717, 1.165) is 19.3 Å². The minimum Gasteiger partial charge on any atom is -0.480 e. The molecule has 0 heterocycles. The molecular formula is C14H26N2O5. The Morgan fingerprint density at radius 3 is 2.14 bits per heavy atom. The lowest BCUT2D eigenvalue weighted by Crippen LogP contribution is -2.54. The summed E-state index contributed by atoms with van der Waals surface area (Å²) in [5.74, 6) is -2.33. The van der Waals surface area contributed by atoms with Crippen LogP contribution in [0.2, 0.25) is 0 Å². The van der Waals surface area contributed by atoms with Gasteiger partial charge in [-0.15, -0.1) is 0 Å². The molecule has 0 bridgehead atoms. The molecule has 7 nitrogen and oxygen atoms in total. The van der Waals surface area contributed by atoms with E-state index in [-0.39, 0.29) is 11.8 Å². The molecule has 0 aromatic carbocycles. The van der Waals surface area contributed by atoms with Gasteiger partial charge in [0.1, 0.15) is 12.1 Å². The summed E-state index contributed by atoms with van der Waals surface area (Å²) in [4.78, 5) is 34.6. The fourth-order valence-corrected chi connectivity index (χ4v) is 1.76. The van der Waals surface area contributed by atoms with Crippen LogP contribution in [-0.4, -0.2) is 46.7 Å². The first-order valence-corrected chi connectivity index (χ1v) is 7.26. The SMILES string of the molecule is CCCCCC(=O)N[C@H](C(=O)N[C@@H](CO)C(=O)O)C(C)C. The highest BCUT2D eigenvalue weighted by atomic mass is 16.4. The predicted octanol–water partition coefficient (Wildman–Crippen LogP) is 0.269. The number of hydrogen-bond acceptors (Lipinski definition) is 4. The molecule has 2 amide bonds. The van der Waals surface area contributed by atoms with Crippen molar-refractivity contribution >= 4 is 17.8 Å². The molecule has 0 aromatic rings. The minimum atomic E-state index is -1.37. The summed E-state index contributed by atoms with van der Waals surface area (Å²) in [5.41, 5.74) is 0. The highest BCUT2D eigenvalue weighted by molar-refractivity contribution is 5.90. The Morgan fingerprint density at radius 1 is 1.10 bits per heavy atom. The molecule has 122 valence electrons. The van der Waals surface area contributed by atoms with Crippen LogP contribution in [0.25, 0.3) is 0 Å². The Morgan fingerprint density at radius 2 is 1.71 bits per heavy atom. The Balaban J connectivity index is 4.56. The number of amides is 2. The lowest BCUT2D eigenvalue weighted by atomic mass is 10.0. The van der Waals surface area contributed by atoms with Gasteiger partial charge < -0.3 is 20.8 Å². The van der Waals surface area contributed by atoms with Crippen LogP contribution in [0.5, 0.6) is 0 Å². The second kappa shape index (κ2) is 10.1. The van der Waals surface area contributed by atoms with Crippen LogP contribution in [0.3, 0.4) is 0 Å². The normalized spacial score (nSPS) is 13.6. The van der Waals surface area contributed by atoms with Gasteiger partial charge in [0.25, 0.3) is 0 Å². The number of nitrogens with one attached hydrogen (secondary N) is 2. The summed E-state index contributed by atoms with van der Waals surface area (Å²) in [6.07, 6.45) is 3.03. The molecule has 0 rings (SSSR count). The third kappa shape index (κ3) is 7.65. The topological polar surface area (TPSA) is 116 Å². The van der Waals surface area contributed by atoms with Crippen molar-refractivity contribution in [3.05, 3.63) is 0 Å². The first kappa shape index (κ1) is 19.4. The fraction of sp³-hybridized carbons (Fsp3) is 0.786. The summed E-state index contributed by atoms with van der Waals surface area (Å²) < 4.78 is 0. The van der Waals surface area contributed by atoms with Gasteiger partial charge in [0.05, 0.1) is 6.61 Å². The van der Waals surface area contributed by atoms with Crippen molar-refractivity contribution in [2.75, 3.05) is 6.61 Å². The smallest absolute Gasteiger partial charge is 0.328 e. The summed E-state index contributed by atoms with van der Waals surface area (Å²) in [7, 11) is 0. The molecule has 0 radical (unpaired) electrons. The second-order valence-corrected chi connectivity index (χ2v) is 5.33. The number of carbonyl (C=O) groups is 3. The van der Waals surface area contributed by atoms with E-state index in [1.807, 2.05) is 6.92 Å². The van der Waals surface area contributed by atoms with Crippen molar-refractivity contribution in [2.45, 2.75) is 58.5 Å². The van der Waals surface area contributed by atoms with Gasteiger partial charge in [-0.25, -0.2) is 4.79 Å². The zero-order valence-corrected chi connectivity index (χ0v) is 12.9. The summed E-state index contributed by atoms with van der Waals surface area (Å²) in [6.45, 7) is 4.84. The van der Waals surface area contributed by atoms with E-state index >= 15 is 0 Å². The Hall–Kier alpha value is -1.63. The third-order valence-corrected chi connectivity index (χ3v) is 3.07. The molecule has 7 heteroatoms. The van der Waals surface area contributed by atoms with E-state index in [2.05, 4.69) is 10.6 Å². The molecule has 0 aliphatic heterocycles. The van der Waals surface area contributed by atoms with Crippen LogP contribution in [-0.2, 0) is 14.4 Å². The van der Waals surface area contributed by atoms with Crippen LogP contribution in [0.1, 0.15) is 46.5 Å². The third-order valence-electron chi connectivity index (χ3n) is 3.07. The number of carboxylic acid groups (broad SMARTS) is 1. The maximum Gasteiger partial charge on any atom is 0.328 e. The van der Waals surface area contributed by atoms with Gasteiger partial charge in [0.2, 0.25) is 11.8 Å². The van der Waals surface area contributed by atoms with E-state index < -0.39 is 30.6 Å². The summed E-state index contributed by atoms with van der Waals surface area (Å²) in [6, 6.07) is -2.18. The van der Waals surface area contributed by atoms with Gasteiger partial charge in [-0.2, -0.15) is 0 Å². The molecule has 0 saturated carbocycles. The van der Waals surface area contributed by atoms with Crippen LogP contribution >= 0.6 is 0 Å². The van der Waals surface area contributed by atoms with Gasteiger partial charge in [-0.1, -0.05) is 33.6 Å². The van der Waals surface area contributed by atoms with Crippen LogP contribution in [0.15, 0.2) is 0 Å². The molecule has 0 aliphatic carbocycles. The van der Waals surface area contributed by atoms with Crippen LogP contribution < -0.4 is 10.6 Å². The van der Waals surface area contributed by atoms with E-state index in [9.17, 15) is 14.4 Å². The zero-order valence-electron chi connectivity index (χ0n) is 12.9. The number of carbonyl (C=O) groups excluding carboxylic acids is 2. The summed E-state index contributed by atoms with van der Waals surface area (Å²) in [5, 5.41) is 22.5. The number of aliphatic hydroxyl groups is 1. The van der Waals surface area contributed by atoms with Gasteiger partial charge in [0, 0.05) is 6.42 Å². The number of aliphatic hydroxyl groups excluding tert-OH is 1. The number of aliphatic carboxylic acids is 1. The molecular weight excluding hydrogens is 276 g/mol. The molecule has 21 heavy (non-hydrogen) atoms. The molecule has 4 N–H and O–H groups in total. The largest absolute Gasteiger partial charge is 0.480 e. The molecule has 0 saturated heterocycles. The van der Waals surface area contributed by atoms with Gasteiger partial charge in [0.15, 0.2) is 0 Å². The molecule has 0 aliphatic rings. The maximum atomic E-state index is 12.0. The molecule has 0 unspecified atom stereocenters. The fourth-order valence-electron chi connectivity index (χ4n) is 1.76. The van der Waals surface area contributed by atoms with Crippen molar-refractivity contribution in [3.8, 4) is 0 Å². The molecule has 0 fully saturated rings. The van der Waals surface area contributed by atoms with E-state index in [1.54, 1.807) is 13.8 Å². The van der Waals surface area contributed by atoms with Crippen molar-refractivity contribution in [1.29, 1.82) is 0 Å². The van der Waals surface area contributed by atoms with Gasteiger partial charge >= 0.3 is 5.97 Å². The van der Waals surface area contributed by atoms with E-state index in [1.165, 1.54) is 0 Å². The highest BCUT2D eigenvalue weighted by Gasteiger charge is 2.28. The lowest BCUT2D eigenvalue weighted by Gasteiger charge is -2.23. The number of hydrogen-bond donors (Lipinski definition) is 4. The average molecular weight is 302 g/mol. The Labute approximate surface area is 125 Å². The number of rotatable bonds is 10. The summed E-state index contributed by atoms with van der Waals surface area (Å²) >= 11 is 0. The van der Waals surface area contributed by atoms with Gasteiger partial charge in [-0.05, 0) is 12.3 Å². The second-order valence-electron chi connectivity index (χ2n) is 5.33. The molecule has 0 aromatic heterocycles. The maximum absolute atomic E-state index is 12.0. The van der Waals surface area contributed by atoms with Crippen molar-refractivity contribution < 1.29 is 24.6 Å². The first-order chi connectivity index (χ1) is 9.83. The number of unbranched alkanes of at least 4 members (excludes halogenated alkanes) is 2. The van der Waals surface area contributed by atoms with Crippen molar-refractivity contribution in [2.24, 2.45) is 5.92 Å². The lowest BCUT2D eigenvalue weighted by molar-refractivity contribution is -0.143. The quantitative estimate of drug-likeness (QED) is 0.432. The monoisotopic (exact) mass is 302 g/mol. The van der Waals surface area contributed by atoms with Gasteiger partial charge in [-0.3, -0.25) is 9.59 Å². The first-order valence-electron chi connectivity index (χ1n) is 7.26. The number of carboxylic acids is 1. The molecule has 0 spiro atoms. The highest BCUT2D eigenvalue weighted by Crippen LogP contribution is 2.05. The van der Waals surface area contributed by atoms with Crippen LogP contribution in [0, 0.1) is 5.92 Å². The Bertz CT molecular complexity index is 357. The van der Waals surface area contributed by atoms with Crippen molar-refractivity contribution in [1.82, 2.24) is 10.6 Å². The molecule has 2 atom stereocenters. The minimum absolute atomic E-state index is 0.187. The zero-order chi connectivity index (χ0) is 16.4. The Kier molecular flexibility index (Phi) is 9.36. The van der Waals surface area contributed by atoms with E-state index in [4.69, 9.17) is 10.2 Å². The predicted molar refractivity (Wildman–Crippen MR) is 77.6 cm³/mol. The standard InChI is InChI=1S/C14H26N2O5/c1-4-5-6-7-11(18)16-12(9(2)3)13(19)15-10(8-17)14(20)21/h9-10,12,17H,4-8H2,1-3H3,(H,15,19)(H,16,18)(H,20,21)/t10-,12-/m0/s1. The van der Waals surface area contributed by atoms with E-state index in [0.29, 0.717) is 6.42 Å². The van der Waals surface area contributed by atoms with Crippen LogP contribution in [0.4, 0.5) is 0 Å².